The van der Waals surface area contributed by atoms with Crippen LogP contribution in [0.3, 0.4) is 0 Å². The van der Waals surface area contributed by atoms with Crippen molar-refractivity contribution < 1.29 is 13.9 Å². The van der Waals surface area contributed by atoms with E-state index >= 15 is 0 Å². The van der Waals surface area contributed by atoms with E-state index in [1.165, 1.54) is 12.3 Å². The van der Waals surface area contributed by atoms with E-state index < -0.39 is 5.97 Å². The molecule has 8 heteroatoms. The smallest absolute Gasteiger partial charge is 0.341 e. The van der Waals surface area contributed by atoms with Gasteiger partial charge in [-0.25, -0.2) is 9.78 Å². The minimum atomic E-state index is -0.616. The molecule has 0 atom stereocenters. The average molecular weight is 350 g/mol. The largest absolute Gasteiger partial charge is 0.452 e. The zero-order valence-corrected chi connectivity index (χ0v) is 13.1. The van der Waals surface area contributed by atoms with Crippen molar-refractivity contribution >= 4 is 29.2 Å². The van der Waals surface area contributed by atoms with Crippen LogP contribution in [0, 0.1) is 0 Å². The molecule has 2 heterocycles. The molecule has 0 spiro atoms. The molecule has 6 nitrogen and oxygen atoms in total. The molecule has 0 radical (unpaired) electrons. The van der Waals surface area contributed by atoms with Crippen LogP contribution >= 0.6 is 23.2 Å². The summed E-state index contributed by atoms with van der Waals surface area (Å²) in [6.45, 7) is -0.162. The lowest BCUT2D eigenvalue weighted by atomic mass is 10.2. The van der Waals surface area contributed by atoms with Crippen molar-refractivity contribution in [2.24, 2.45) is 0 Å². The Morgan fingerprint density at radius 2 is 1.91 bits per heavy atom. The number of carbonyl (C=O) groups is 1. The van der Waals surface area contributed by atoms with Gasteiger partial charge in [0.2, 0.25) is 5.89 Å². The second-order valence-electron chi connectivity index (χ2n) is 4.43. The molecule has 0 N–H and O–H groups in total. The molecule has 116 valence electrons. The van der Waals surface area contributed by atoms with Crippen LogP contribution in [0.4, 0.5) is 0 Å². The predicted molar refractivity (Wildman–Crippen MR) is 83.1 cm³/mol. The van der Waals surface area contributed by atoms with Gasteiger partial charge in [0.25, 0.3) is 5.89 Å². The molecule has 3 rings (SSSR count). The number of ether oxygens (including phenoxy) is 1. The summed E-state index contributed by atoms with van der Waals surface area (Å²) < 4.78 is 10.5. The third kappa shape index (κ3) is 3.67. The van der Waals surface area contributed by atoms with Gasteiger partial charge in [0, 0.05) is 16.8 Å². The summed E-state index contributed by atoms with van der Waals surface area (Å²) >= 11 is 11.6. The number of aromatic nitrogens is 3. The molecule has 0 aliphatic heterocycles. The minimum absolute atomic E-state index is 0.0740. The molecule has 0 amide bonds. The highest BCUT2D eigenvalue weighted by molar-refractivity contribution is 6.32. The highest BCUT2D eigenvalue weighted by Crippen LogP contribution is 2.20. The first-order valence-corrected chi connectivity index (χ1v) is 7.25. The van der Waals surface area contributed by atoms with Gasteiger partial charge in [0.15, 0.2) is 6.61 Å². The molecule has 23 heavy (non-hydrogen) atoms. The molecule has 0 saturated carbocycles. The Bertz CT molecular complexity index is 834. The van der Waals surface area contributed by atoms with Crippen LogP contribution in [0.1, 0.15) is 16.2 Å². The zero-order valence-electron chi connectivity index (χ0n) is 11.6. The summed E-state index contributed by atoms with van der Waals surface area (Å²) in [5, 5.41) is 8.40. The van der Waals surface area contributed by atoms with Gasteiger partial charge in [-0.05, 0) is 36.4 Å². The van der Waals surface area contributed by atoms with Gasteiger partial charge in [-0.3, -0.25) is 0 Å². The van der Waals surface area contributed by atoms with E-state index in [1.807, 2.05) is 0 Å². The van der Waals surface area contributed by atoms with Crippen LogP contribution in [0.25, 0.3) is 11.5 Å². The Balaban J connectivity index is 1.67. The number of pyridine rings is 1. The second kappa shape index (κ2) is 6.76. The molecule has 2 aromatic heterocycles. The van der Waals surface area contributed by atoms with Gasteiger partial charge in [-0.15, -0.1) is 10.2 Å². The number of hydrogen-bond donors (Lipinski definition) is 0. The number of halogens is 2. The summed E-state index contributed by atoms with van der Waals surface area (Å²) in [5.74, 6) is -0.134. The fraction of sp³-hybridized carbons (Fsp3) is 0.0667. The maximum atomic E-state index is 11.9. The zero-order chi connectivity index (χ0) is 16.2. The lowest BCUT2D eigenvalue weighted by Crippen LogP contribution is -2.06. The van der Waals surface area contributed by atoms with E-state index in [2.05, 4.69) is 15.2 Å². The first kappa shape index (κ1) is 15.5. The van der Waals surface area contributed by atoms with Crippen molar-refractivity contribution in [2.45, 2.75) is 6.61 Å². The van der Waals surface area contributed by atoms with Crippen LogP contribution < -0.4 is 0 Å². The Kier molecular flexibility index (Phi) is 4.55. The van der Waals surface area contributed by atoms with Crippen LogP contribution in [-0.4, -0.2) is 21.2 Å². The average Bonchev–Trinajstić information content (AvgIpc) is 3.03. The van der Waals surface area contributed by atoms with Crippen LogP contribution in [0.15, 0.2) is 47.0 Å². The molecule has 1 aromatic carbocycles. The number of carbonyl (C=O) groups excluding carboxylic acids is 1. The molecule has 0 aliphatic rings. The van der Waals surface area contributed by atoms with Gasteiger partial charge >= 0.3 is 5.97 Å². The maximum Gasteiger partial charge on any atom is 0.341 e. The fourth-order valence-corrected chi connectivity index (χ4v) is 2.09. The molecule has 0 fully saturated rings. The van der Waals surface area contributed by atoms with Crippen molar-refractivity contribution in [3.8, 4) is 11.5 Å². The van der Waals surface area contributed by atoms with Crippen molar-refractivity contribution in [3.63, 3.8) is 0 Å². The van der Waals surface area contributed by atoms with Gasteiger partial charge in [0.05, 0.1) is 5.56 Å². The Morgan fingerprint density at radius 3 is 2.65 bits per heavy atom. The molecular formula is C15H9Cl2N3O3. The Labute approximate surface area is 141 Å². The van der Waals surface area contributed by atoms with Gasteiger partial charge in [-0.1, -0.05) is 23.2 Å². The van der Waals surface area contributed by atoms with Gasteiger partial charge in [0.1, 0.15) is 5.15 Å². The standard InChI is InChI=1S/C15H9Cl2N3O3/c16-10-5-3-9(4-6-10)14-20-19-12(23-14)8-22-15(21)11-2-1-7-18-13(11)17/h1-7H,8H2. The SMILES string of the molecule is O=C(OCc1nnc(-c2ccc(Cl)cc2)o1)c1cccnc1Cl. The van der Waals surface area contributed by atoms with Crippen molar-refractivity contribution in [1.29, 1.82) is 0 Å². The van der Waals surface area contributed by atoms with Crippen molar-refractivity contribution in [2.75, 3.05) is 0 Å². The molecule has 0 unspecified atom stereocenters. The topological polar surface area (TPSA) is 78.1 Å². The lowest BCUT2D eigenvalue weighted by molar-refractivity contribution is 0.0438. The summed E-state index contributed by atoms with van der Waals surface area (Å²) in [4.78, 5) is 15.7. The van der Waals surface area contributed by atoms with Crippen LogP contribution in [0.5, 0.6) is 0 Å². The number of benzene rings is 1. The lowest BCUT2D eigenvalue weighted by Gasteiger charge is -2.02. The van der Waals surface area contributed by atoms with Crippen molar-refractivity contribution in [3.05, 3.63) is 64.2 Å². The first-order valence-electron chi connectivity index (χ1n) is 6.49. The number of nitrogens with zero attached hydrogens (tertiary/aromatic N) is 3. The second-order valence-corrected chi connectivity index (χ2v) is 5.22. The first-order chi connectivity index (χ1) is 11.1. The van der Waals surface area contributed by atoms with Crippen LogP contribution in [0.2, 0.25) is 10.2 Å². The third-order valence-electron chi connectivity index (χ3n) is 2.86. The Hall–Kier alpha value is -2.44. The monoisotopic (exact) mass is 349 g/mol. The summed E-state index contributed by atoms with van der Waals surface area (Å²) in [6.07, 6.45) is 1.48. The van der Waals surface area contributed by atoms with Crippen LogP contribution in [-0.2, 0) is 11.3 Å². The fourth-order valence-electron chi connectivity index (χ4n) is 1.76. The molecule has 0 saturated heterocycles. The minimum Gasteiger partial charge on any atom is -0.452 e. The molecule has 0 bridgehead atoms. The van der Waals surface area contributed by atoms with E-state index in [9.17, 15) is 4.79 Å². The van der Waals surface area contributed by atoms with Gasteiger partial charge < -0.3 is 9.15 Å². The van der Waals surface area contributed by atoms with E-state index in [0.29, 0.717) is 10.9 Å². The summed E-state index contributed by atoms with van der Waals surface area (Å²) in [5.41, 5.74) is 0.890. The predicted octanol–water partition coefficient (Wildman–Crippen LogP) is 3.80. The highest BCUT2D eigenvalue weighted by atomic mass is 35.5. The Morgan fingerprint density at radius 1 is 1.13 bits per heavy atom. The van der Waals surface area contributed by atoms with E-state index in [0.717, 1.165) is 5.56 Å². The van der Waals surface area contributed by atoms with E-state index in [-0.39, 0.29) is 23.2 Å². The molecular weight excluding hydrogens is 341 g/mol. The number of esters is 1. The van der Waals surface area contributed by atoms with E-state index in [1.54, 1.807) is 30.3 Å². The normalized spacial score (nSPS) is 10.5. The van der Waals surface area contributed by atoms with E-state index in [4.69, 9.17) is 32.4 Å². The molecule has 0 aliphatic carbocycles. The van der Waals surface area contributed by atoms with Gasteiger partial charge in [-0.2, -0.15) is 0 Å². The number of rotatable bonds is 4. The third-order valence-corrected chi connectivity index (χ3v) is 3.42. The maximum absolute atomic E-state index is 11.9. The summed E-state index contributed by atoms with van der Waals surface area (Å²) in [6, 6.07) is 10.0. The number of hydrogen-bond acceptors (Lipinski definition) is 6. The molecule has 3 aromatic rings. The van der Waals surface area contributed by atoms with Crippen molar-refractivity contribution in [1.82, 2.24) is 15.2 Å². The summed E-state index contributed by atoms with van der Waals surface area (Å²) in [7, 11) is 0. The highest BCUT2D eigenvalue weighted by Gasteiger charge is 2.15. The quantitative estimate of drug-likeness (QED) is 0.526.